The zero-order valence-electron chi connectivity index (χ0n) is 11.1. The van der Waals surface area contributed by atoms with Gasteiger partial charge in [0.2, 0.25) is 0 Å². The number of aliphatic hydroxyl groups is 1. The van der Waals surface area contributed by atoms with E-state index in [0.29, 0.717) is 12.5 Å². The van der Waals surface area contributed by atoms with Crippen molar-refractivity contribution in [3.8, 4) is 0 Å². The molecule has 1 atom stereocenters. The molecule has 17 heavy (non-hydrogen) atoms. The summed E-state index contributed by atoms with van der Waals surface area (Å²) < 4.78 is 1.85. The lowest BCUT2D eigenvalue weighted by atomic mass is 10.0. The molecule has 1 aromatic heterocycles. The van der Waals surface area contributed by atoms with E-state index in [2.05, 4.69) is 24.2 Å². The summed E-state index contributed by atoms with van der Waals surface area (Å²) in [6.07, 6.45) is 2.86. The van der Waals surface area contributed by atoms with E-state index in [0.717, 1.165) is 30.7 Å². The van der Waals surface area contributed by atoms with Gasteiger partial charge < -0.3 is 10.8 Å². The third-order valence-electron chi connectivity index (χ3n) is 3.05. The van der Waals surface area contributed by atoms with Gasteiger partial charge in [0, 0.05) is 6.54 Å². The number of nitrogens with two attached hydrogens (primary N) is 1. The van der Waals surface area contributed by atoms with Gasteiger partial charge in [-0.05, 0) is 25.2 Å². The van der Waals surface area contributed by atoms with Gasteiger partial charge in [0.25, 0.3) is 0 Å². The topological polar surface area (TPSA) is 77.0 Å². The summed E-state index contributed by atoms with van der Waals surface area (Å²) >= 11 is 0. The first-order valence-electron chi connectivity index (χ1n) is 6.37. The molecule has 0 aliphatic heterocycles. The highest BCUT2D eigenvalue weighted by atomic mass is 16.3. The third kappa shape index (κ3) is 3.51. The third-order valence-corrected chi connectivity index (χ3v) is 3.05. The van der Waals surface area contributed by atoms with Crippen molar-refractivity contribution in [3.05, 3.63) is 11.4 Å². The Kier molecular flexibility index (Phi) is 5.58. The summed E-state index contributed by atoms with van der Waals surface area (Å²) in [4.78, 5) is 0. The van der Waals surface area contributed by atoms with Crippen LogP contribution in [0.5, 0.6) is 0 Å². The van der Waals surface area contributed by atoms with E-state index >= 15 is 0 Å². The minimum absolute atomic E-state index is 0.0185. The van der Waals surface area contributed by atoms with Crippen molar-refractivity contribution in [2.45, 2.75) is 52.6 Å². The lowest BCUT2D eigenvalue weighted by molar-refractivity contribution is 0.209. The molecule has 0 amide bonds. The Morgan fingerprint density at radius 2 is 2.12 bits per heavy atom. The fraction of sp³-hybridized carbons (Fsp3) is 0.833. The molecule has 3 N–H and O–H groups in total. The van der Waals surface area contributed by atoms with Crippen molar-refractivity contribution in [2.75, 3.05) is 6.61 Å². The van der Waals surface area contributed by atoms with Crippen LogP contribution < -0.4 is 5.73 Å². The Morgan fingerprint density at radius 1 is 1.41 bits per heavy atom. The molecule has 98 valence electrons. The van der Waals surface area contributed by atoms with Crippen LogP contribution in [-0.2, 0) is 13.0 Å². The molecule has 1 unspecified atom stereocenters. The second kappa shape index (κ2) is 6.71. The van der Waals surface area contributed by atoms with Crippen molar-refractivity contribution in [3.63, 3.8) is 0 Å². The van der Waals surface area contributed by atoms with Gasteiger partial charge in [0.15, 0.2) is 0 Å². The van der Waals surface area contributed by atoms with Gasteiger partial charge in [-0.3, -0.25) is 0 Å². The normalized spacial score (nSPS) is 13.3. The van der Waals surface area contributed by atoms with Crippen molar-refractivity contribution >= 4 is 0 Å². The highest BCUT2D eigenvalue weighted by Crippen LogP contribution is 2.18. The number of aromatic nitrogens is 3. The Balaban J connectivity index is 2.92. The maximum atomic E-state index is 9.34. The Bertz CT molecular complexity index is 331. The smallest absolute Gasteiger partial charge is 0.0994 e. The van der Waals surface area contributed by atoms with Gasteiger partial charge in [0.05, 0.1) is 24.0 Å². The quantitative estimate of drug-likeness (QED) is 0.752. The fourth-order valence-corrected chi connectivity index (χ4v) is 1.86. The van der Waals surface area contributed by atoms with E-state index in [4.69, 9.17) is 5.73 Å². The van der Waals surface area contributed by atoms with Crippen molar-refractivity contribution in [1.29, 1.82) is 0 Å². The number of rotatable bonds is 7. The molecule has 0 saturated carbocycles. The van der Waals surface area contributed by atoms with Crippen LogP contribution in [0.25, 0.3) is 0 Å². The van der Waals surface area contributed by atoms with Gasteiger partial charge in [-0.25, -0.2) is 4.68 Å². The van der Waals surface area contributed by atoms with Crippen LogP contribution in [0.1, 0.15) is 51.0 Å². The summed E-state index contributed by atoms with van der Waals surface area (Å²) in [7, 11) is 0. The molecule has 0 saturated heterocycles. The van der Waals surface area contributed by atoms with Crippen LogP contribution in [0, 0.1) is 5.92 Å². The Labute approximate surface area is 103 Å². The number of hydrogen-bond donors (Lipinski definition) is 2. The molecule has 1 rings (SSSR count). The lowest BCUT2D eigenvalue weighted by Crippen LogP contribution is -2.17. The Morgan fingerprint density at radius 3 is 2.59 bits per heavy atom. The van der Waals surface area contributed by atoms with E-state index in [1.165, 1.54) is 0 Å². The molecule has 0 aliphatic rings. The maximum absolute atomic E-state index is 9.34. The molecule has 5 heteroatoms. The molecule has 0 bridgehead atoms. The van der Waals surface area contributed by atoms with Gasteiger partial charge in [-0.1, -0.05) is 26.0 Å². The van der Waals surface area contributed by atoms with Crippen molar-refractivity contribution in [2.24, 2.45) is 11.7 Å². The zero-order chi connectivity index (χ0) is 12.8. The van der Waals surface area contributed by atoms with Crippen LogP contribution in [0.2, 0.25) is 0 Å². The first-order valence-corrected chi connectivity index (χ1v) is 6.37. The minimum Gasteiger partial charge on any atom is -0.394 e. The minimum atomic E-state index is 0.0185. The molecule has 0 aliphatic carbocycles. The van der Waals surface area contributed by atoms with Crippen molar-refractivity contribution < 1.29 is 5.11 Å². The average molecular weight is 240 g/mol. The van der Waals surface area contributed by atoms with Crippen LogP contribution in [-0.4, -0.2) is 26.7 Å². The highest BCUT2D eigenvalue weighted by Gasteiger charge is 2.17. The van der Waals surface area contributed by atoms with Crippen LogP contribution in [0.4, 0.5) is 0 Å². The van der Waals surface area contributed by atoms with Crippen LogP contribution in [0.15, 0.2) is 0 Å². The van der Waals surface area contributed by atoms with Gasteiger partial charge in [-0.2, -0.15) is 0 Å². The summed E-state index contributed by atoms with van der Waals surface area (Å²) in [6, 6.07) is 0.0185. The SMILES string of the molecule is CCC(CO)n1nnc(CN)c1CCC(C)C. The second-order valence-corrected chi connectivity index (χ2v) is 4.81. The summed E-state index contributed by atoms with van der Waals surface area (Å²) in [5.74, 6) is 0.637. The van der Waals surface area contributed by atoms with Crippen molar-refractivity contribution in [1.82, 2.24) is 15.0 Å². The predicted octanol–water partition coefficient (Wildman–Crippen LogP) is 1.27. The largest absolute Gasteiger partial charge is 0.394 e. The second-order valence-electron chi connectivity index (χ2n) is 4.81. The zero-order valence-corrected chi connectivity index (χ0v) is 11.1. The fourth-order valence-electron chi connectivity index (χ4n) is 1.86. The molecule has 1 heterocycles. The number of hydrogen-bond acceptors (Lipinski definition) is 4. The van der Waals surface area contributed by atoms with E-state index in [1.807, 2.05) is 11.6 Å². The Hall–Kier alpha value is -0.940. The molecular weight excluding hydrogens is 216 g/mol. The maximum Gasteiger partial charge on any atom is 0.0994 e. The van der Waals surface area contributed by atoms with Gasteiger partial charge in [-0.15, -0.1) is 5.10 Å². The van der Waals surface area contributed by atoms with Crippen LogP contribution in [0.3, 0.4) is 0 Å². The molecule has 0 aromatic carbocycles. The van der Waals surface area contributed by atoms with E-state index in [9.17, 15) is 5.11 Å². The van der Waals surface area contributed by atoms with Gasteiger partial charge in [0.1, 0.15) is 0 Å². The first kappa shape index (κ1) is 14.1. The summed E-state index contributed by atoms with van der Waals surface area (Å²) in [5, 5.41) is 17.6. The summed E-state index contributed by atoms with van der Waals surface area (Å²) in [6.45, 7) is 6.93. The average Bonchev–Trinajstić information content (AvgIpc) is 2.71. The molecule has 5 nitrogen and oxygen atoms in total. The number of aliphatic hydroxyl groups excluding tert-OH is 1. The van der Waals surface area contributed by atoms with E-state index < -0.39 is 0 Å². The monoisotopic (exact) mass is 240 g/mol. The molecular formula is C12H24N4O. The molecule has 0 spiro atoms. The molecule has 0 fully saturated rings. The predicted molar refractivity (Wildman–Crippen MR) is 67.5 cm³/mol. The number of nitrogens with zero attached hydrogens (tertiary/aromatic N) is 3. The first-order chi connectivity index (χ1) is 8.13. The van der Waals surface area contributed by atoms with E-state index in [1.54, 1.807) is 0 Å². The highest BCUT2D eigenvalue weighted by molar-refractivity contribution is 5.11. The lowest BCUT2D eigenvalue weighted by Gasteiger charge is -2.16. The summed E-state index contributed by atoms with van der Waals surface area (Å²) in [5.41, 5.74) is 7.62. The molecule has 1 aromatic rings. The van der Waals surface area contributed by atoms with Gasteiger partial charge >= 0.3 is 0 Å². The molecule has 0 radical (unpaired) electrons. The van der Waals surface area contributed by atoms with Crippen LogP contribution >= 0.6 is 0 Å². The standard InChI is InChI=1S/C12H24N4O/c1-4-10(8-17)16-12(6-5-9(2)3)11(7-13)14-15-16/h9-10,17H,4-8,13H2,1-3H3. The van der Waals surface area contributed by atoms with E-state index in [-0.39, 0.29) is 12.6 Å².